The Morgan fingerprint density at radius 3 is 1.45 bits per heavy atom. The number of nitrogens with two attached hydrogens (primary N) is 5. The van der Waals surface area contributed by atoms with Crippen molar-refractivity contribution in [1.82, 2.24) is 52.8 Å². The summed E-state index contributed by atoms with van der Waals surface area (Å²) < 4.78 is 0. The predicted octanol–water partition coefficient (Wildman–Crippen LogP) is -4.58. The zero-order valence-corrected chi connectivity index (χ0v) is 53.0. The molecule has 0 aliphatic carbocycles. The van der Waals surface area contributed by atoms with Gasteiger partial charge in [-0.2, -0.15) is 11.8 Å². The van der Waals surface area contributed by atoms with Crippen LogP contribution in [0.25, 0.3) is 0 Å². The lowest BCUT2D eigenvalue weighted by Crippen LogP contribution is -2.62. The molecule has 22 N–H and O–H groups in total. The minimum atomic E-state index is -1.81. The van der Waals surface area contributed by atoms with E-state index in [1.807, 2.05) is 0 Å². The Balaban J connectivity index is 3.51. The number of nitrogens with zero attached hydrogens (tertiary/aromatic N) is 1. The second-order valence-corrected chi connectivity index (χ2v) is 24.1. The minimum Gasteiger partial charge on any atom is -0.480 e. The number of hydrogen-bond acceptors (Lipinski definition) is 19. The molecule has 13 atom stereocenters. The van der Waals surface area contributed by atoms with Crippen LogP contribution in [0, 0.1) is 17.8 Å². The van der Waals surface area contributed by atoms with E-state index < -0.39 is 181 Å². The number of hydrogen-bond donors (Lipinski definition) is 17. The first kappa shape index (κ1) is 79.3. The molecule has 12 amide bonds. The number of likely N-dealkylation sites (tertiary alicyclic amines) is 1. The Morgan fingerprint density at radius 2 is 0.989 bits per heavy atom. The molecule has 32 heteroatoms. The summed E-state index contributed by atoms with van der Waals surface area (Å²) in [5.41, 5.74) is 28.1. The smallest absolute Gasteiger partial charge is 0.326 e. The predicted molar refractivity (Wildman–Crippen MR) is 326 cm³/mol. The fraction of sp³-hybridized carbons (Fsp3) is 0.768. The van der Waals surface area contributed by atoms with Crippen LogP contribution >= 0.6 is 11.8 Å². The zero-order chi connectivity index (χ0) is 67.0. The van der Waals surface area contributed by atoms with Crippen LogP contribution in [0.1, 0.15) is 145 Å². The van der Waals surface area contributed by atoms with Crippen molar-refractivity contribution in [1.29, 1.82) is 0 Å². The number of nitrogens with one attached hydrogen (secondary N) is 9. The van der Waals surface area contributed by atoms with Crippen LogP contribution in [0.4, 0.5) is 0 Å². The maximum atomic E-state index is 14.4. The van der Waals surface area contributed by atoms with Gasteiger partial charge < -0.3 is 96.7 Å². The fourth-order valence-electron chi connectivity index (χ4n) is 9.49. The first-order valence-electron chi connectivity index (χ1n) is 30.1. The van der Waals surface area contributed by atoms with E-state index in [4.69, 9.17) is 28.7 Å². The molecular weight excluding hydrogens is 1170 g/mol. The van der Waals surface area contributed by atoms with Gasteiger partial charge in [0.1, 0.15) is 60.4 Å². The summed E-state index contributed by atoms with van der Waals surface area (Å²) in [4.78, 5) is 176. The highest BCUT2D eigenvalue weighted by Gasteiger charge is 2.40. The average molecular weight is 1270 g/mol. The fourth-order valence-corrected chi connectivity index (χ4v) is 9.96. The van der Waals surface area contributed by atoms with Crippen molar-refractivity contribution in [3.8, 4) is 0 Å². The second-order valence-electron chi connectivity index (χ2n) is 23.1. The van der Waals surface area contributed by atoms with Crippen molar-refractivity contribution in [3.63, 3.8) is 0 Å². The van der Waals surface area contributed by atoms with Gasteiger partial charge in [0, 0.05) is 13.0 Å². The van der Waals surface area contributed by atoms with Gasteiger partial charge in [-0.1, -0.05) is 48.0 Å². The normalized spacial score (nSPS) is 17.2. The van der Waals surface area contributed by atoms with Crippen molar-refractivity contribution < 1.29 is 77.6 Å². The first-order valence-corrected chi connectivity index (χ1v) is 31.5. The maximum Gasteiger partial charge on any atom is 0.326 e. The molecule has 0 aromatic carbocycles. The highest BCUT2D eigenvalue weighted by molar-refractivity contribution is 7.98. The molecule has 0 bridgehead atoms. The lowest BCUT2D eigenvalue weighted by atomic mass is 9.96. The molecule has 0 aromatic heterocycles. The number of carbonyl (C=O) groups is 13. The number of carboxylic acids is 1. The zero-order valence-electron chi connectivity index (χ0n) is 52.2. The highest BCUT2D eigenvalue weighted by atomic mass is 32.2. The molecule has 0 saturated carbocycles. The van der Waals surface area contributed by atoms with Gasteiger partial charge in [-0.25, -0.2) is 4.79 Å². The molecule has 502 valence electrons. The van der Waals surface area contributed by atoms with Gasteiger partial charge in [0.15, 0.2) is 0 Å². The number of unbranched alkanes of at least 4 members (excludes halogenated alkanes) is 2. The average Bonchev–Trinajstić information content (AvgIpc) is 3.76. The van der Waals surface area contributed by atoms with Gasteiger partial charge in [-0.3, -0.25) is 57.5 Å². The van der Waals surface area contributed by atoms with Gasteiger partial charge in [-0.15, -0.1) is 0 Å². The number of aliphatic hydroxyl groups excluding tert-OH is 2. The second kappa shape index (κ2) is 41.5. The molecule has 31 nitrogen and oxygen atoms in total. The van der Waals surface area contributed by atoms with Crippen LogP contribution < -0.4 is 76.5 Å². The topological polar surface area (TPSA) is 524 Å². The summed E-state index contributed by atoms with van der Waals surface area (Å²) in [5.74, 6) is -12.6. The van der Waals surface area contributed by atoms with Gasteiger partial charge in [0.25, 0.3) is 0 Å². The minimum absolute atomic E-state index is 0.0174. The lowest BCUT2D eigenvalue weighted by Gasteiger charge is -2.31. The molecule has 1 heterocycles. The number of thioether (sulfide) groups is 1. The van der Waals surface area contributed by atoms with E-state index in [9.17, 15) is 77.6 Å². The Bertz CT molecular complexity index is 2340. The third-order valence-electron chi connectivity index (χ3n) is 14.6. The van der Waals surface area contributed by atoms with Gasteiger partial charge in [0.05, 0.1) is 25.2 Å². The summed E-state index contributed by atoms with van der Waals surface area (Å²) >= 11 is 1.28. The molecule has 0 unspecified atom stereocenters. The van der Waals surface area contributed by atoms with Crippen LogP contribution in [0.2, 0.25) is 0 Å². The van der Waals surface area contributed by atoms with E-state index in [0.29, 0.717) is 32.1 Å². The number of carboxylic acid groups (broad SMARTS) is 1. The van der Waals surface area contributed by atoms with Crippen molar-refractivity contribution in [3.05, 3.63) is 0 Å². The van der Waals surface area contributed by atoms with E-state index >= 15 is 0 Å². The van der Waals surface area contributed by atoms with Crippen molar-refractivity contribution in [2.75, 3.05) is 38.2 Å². The number of aliphatic hydroxyl groups is 2. The monoisotopic (exact) mass is 1270 g/mol. The molecule has 1 rings (SSSR count). The Morgan fingerprint density at radius 1 is 0.557 bits per heavy atom. The molecule has 1 saturated heterocycles. The standard InChI is InChI=1S/C56H101N15O16S/c1-9-31(6)44(69-48(78)35(16-11-13-22-58)65-52(82)41-17-14-23-71(41)55(85)33(59)27-43(61)75)53(83)66-38(25-29(2)3)50(80)62-34(15-10-12-21-57)46(76)63-36(18-19-42(60)74)47(77)68-40(28-72)51(81)64-37(20-24-88-8)49(79)70-45(32(7)73)54(84)67-39(56(86)87)26-30(4)5/h29-41,44-45,72-73H,9-28,57-59H2,1-8H3,(H2,60,74)(H2,61,75)(H,62,80)(H,63,76)(H,64,81)(H,65,82)(H,66,83)(H,67,84)(H,68,77)(H,69,78)(H,70,79)(H,86,87)/t31-,32+,33-,34-,35-,36-,37-,38-,39-,40-,41-,44-,45-/m0/s1. The molecule has 88 heavy (non-hydrogen) atoms. The molecule has 1 aliphatic rings. The number of aliphatic carboxylic acids is 1. The summed E-state index contributed by atoms with van der Waals surface area (Å²) in [7, 11) is 0. The van der Waals surface area contributed by atoms with Crippen molar-refractivity contribution in [2.24, 2.45) is 46.4 Å². The van der Waals surface area contributed by atoms with Gasteiger partial charge in [-0.05, 0) is 127 Å². The molecule has 0 aromatic rings. The third-order valence-corrected chi connectivity index (χ3v) is 15.3. The number of carbonyl (C=O) groups excluding carboxylic acids is 12. The third kappa shape index (κ3) is 28.6. The molecule has 1 fully saturated rings. The van der Waals surface area contributed by atoms with Crippen LogP contribution in [-0.2, 0) is 62.3 Å². The Labute approximate surface area is 519 Å². The first-order chi connectivity index (χ1) is 41.4. The van der Waals surface area contributed by atoms with Crippen LogP contribution in [0.15, 0.2) is 0 Å². The summed E-state index contributed by atoms with van der Waals surface area (Å²) in [6.45, 7) is 11.2. The Kier molecular flexibility index (Phi) is 37.4. The van der Waals surface area contributed by atoms with Crippen molar-refractivity contribution >= 4 is 88.6 Å². The lowest BCUT2D eigenvalue weighted by molar-refractivity contribution is -0.143. The maximum absolute atomic E-state index is 14.4. The molecule has 1 aliphatic heterocycles. The van der Waals surface area contributed by atoms with Crippen LogP contribution in [0.3, 0.4) is 0 Å². The summed E-state index contributed by atoms with van der Waals surface area (Å²) in [5, 5.41) is 53.3. The van der Waals surface area contributed by atoms with Gasteiger partial charge >= 0.3 is 5.97 Å². The van der Waals surface area contributed by atoms with E-state index in [1.165, 1.54) is 23.6 Å². The molecule has 0 spiro atoms. The quantitative estimate of drug-likeness (QED) is 0.0255. The number of primary amides is 2. The highest BCUT2D eigenvalue weighted by Crippen LogP contribution is 2.20. The van der Waals surface area contributed by atoms with E-state index in [1.54, 1.807) is 47.8 Å². The largest absolute Gasteiger partial charge is 0.480 e. The molecular formula is C56H101N15O16S. The number of amides is 12. The van der Waals surface area contributed by atoms with E-state index in [-0.39, 0.29) is 82.2 Å². The van der Waals surface area contributed by atoms with Crippen LogP contribution in [-0.4, -0.2) is 208 Å². The van der Waals surface area contributed by atoms with Gasteiger partial charge in [0.2, 0.25) is 70.9 Å². The Hall–Kier alpha value is -6.74. The van der Waals surface area contributed by atoms with E-state index in [0.717, 1.165) is 0 Å². The molecule has 0 radical (unpaired) electrons. The van der Waals surface area contributed by atoms with Crippen molar-refractivity contribution in [2.45, 2.75) is 217 Å². The number of rotatable bonds is 44. The van der Waals surface area contributed by atoms with E-state index in [2.05, 4.69) is 47.9 Å². The van der Waals surface area contributed by atoms with Crippen LogP contribution in [0.5, 0.6) is 0 Å². The summed E-state index contributed by atoms with van der Waals surface area (Å²) in [6.07, 6.45) is 1.34. The SMILES string of the molecule is CC[C@H](C)[C@H](NC(=O)[C@H](CCCCN)NC(=O)[C@@H]1CCCN1C(=O)[C@@H](N)CC(N)=O)C(=O)N[C@@H](CC(C)C)C(=O)N[C@@H](CCCCN)C(=O)N[C@@H](CCC(N)=O)C(=O)N[C@@H](CO)C(=O)N[C@@H](CCSC)C(=O)N[C@H](C(=O)N[C@@H](CC(C)C)C(=O)O)[C@@H](C)O. The summed E-state index contributed by atoms with van der Waals surface area (Å²) in [6, 6.07) is -15.5.